The van der Waals surface area contributed by atoms with Gasteiger partial charge < -0.3 is 14.8 Å². The van der Waals surface area contributed by atoms with Crippen LogP contribution in [0.15, 0.2) is 30.6 Å². The predicted molar refractivity (Wildman–Crippen MR) is 107 cm³/mol. The number of benzene rings is 1. The zero-order valence-electron chi connectivity index (χ0n) is 16.8. The molecule has 2 saturated heterocycles. The van der Waals surface area contributed by atoms with Crippen molar-refractivity contribution in [2.45, 2.75) is 37.5 Å². The Labute approximate surface area is 173 Å². The molecule has 2 fully saturated rings. The van der Waals surface area contributed by atoms with Crippen molar-refractivity contribution in [1.82, 2.24) is 30.4 Å². The monoisotopic (exact) mass is 408 g/mol. The summed E-state index contributed by atoms with van der Waals surface area (Å²) in [4.78, 5) is 42.5. The number of fused-ring (bicyclic) bond motifs is 1. The van der Waals surface area contributed by atoms with Crippen molar-refractivity contribution in [3.05, 3.63) is 53.1 Å². The molecule has 9 heteroatoms. The van der Waals surface area contributed by atoms with Crippen molar-refractivity contribution in [2.75, 3.05) is 13.1 Å². The van der Waals surface area contributed by atoms with E-state index in [-0.39, 0.29) is 29.7 Å². The van der Waals surface area contributed by atoms with Gasteiger partial charge in [-0.25, -0.2) is 4.98 Å². The molecule has 3 amide bonds. The second-order valence-electron chi connectivity index (χ2n) is 8.29. The standard InChI is InChI=1S/C21H24N6O3/c1-26-7-6-23-20(26)21(11-22-12-21)24-9-13-2-3-15-14(8-13)10-27(19(15)30)16-4-5-17(28)25-18(16)29/h2-3,6-8,16,22,24H,4-5,9-12H2,1H3,(H,25,28,29). The first-order valence-corrected chi connectivity index (χ1v) is 10.2. The van der Waals surface area contributed by atoms with E-state index >= 15 is 0 Å². The SMILES string of the molecule is Cn1ccnc1C1(NCc2ccc3c(c2)CN(C2CCC(=O)NC2=O)C3=O)CNC1. The number of imide groups is 1. The highest BCUT2D eigenvalue weighted by Crippen LogP contribution is 2.29. The highest BCUT2D eigenvalue weighted by Gasteiger charge is 2.42. The number of carbonyl (C=O) groups is 3. The molecule has 0 spiro atoms. The van der Waals surface area contributed by atoms with E-state index in [0.717, 1.165) is 30.0 Å². The van der Waals surface area contributed by atoms with Crippen LogP contribution < -0.4 is 16.0 Å². The van der Waals surface area contributed by atoms with E-state index in [2.05, 4.69) is 20.9 Å². The van der Waals surface area contributed by atoms with Crippen LogP contribution in [0.5, 0.6) is 0 Å². The van der Waals surface area contributed by atoms with Crippen molar-refractivity contribution in [1.29, 1.82) is 0 Å². The van der Waals surface area contributed by atoms with Gasteiger partial charge in [-0.05, 0) is 23.6 Å². The van der Waals surface area contributed by atoms with E-state index < -0.39 is 6.04 Å². The molecule has 0 radical (unpaired) electrons. The quantitative estimate of drug-likeness (QED) is 0.590. The number of rotatable bonds is 5. The fraction of sp³-hybridized carbons (Fsp3) is 0.429. The molecule has 3 aliphatic rings. The lowest BCUT2D eigenvalue weighted by Crippen LogP contribution is -2.65. The largest absolute Gasteiger partial charge is 0.336 e. The van der Waals surface area contributed by atoms with Gasteiger partial charge in [-0.2, -0.15) is 0 Å². The first-order valence-electron chi connectivity index (χ1n) is 10.2. The summed E-state index contributed by atoms with van der Waals surface area (Å²) >= 11 is 0. The average Bonchev–Trinajstić information content (AvgIpc) is 3.25. The molecule has 0 aliphatic carbocycles. The number of aromatic nitrogens is 2. The van der Waals surface area contributed by atoms with Gasteiger partial charge in [-0.1, -0.05) is 12.1 Å². The lowest BCUT2D eigenvalue weighted by Gasteiger charge is -2.42. The molecule has 0 bridgehead atoms. The smallest absolute Gasteiger partial charge is 0.255 e. The summed E-state index contributed by atoms with van der Waals surface area (Å²) in [5.74, 6) is 0.193. The molecule has 1 aromatic carbocycles. The van der Waals surface area contributed by atoms with E-state index in [4.69, 9.17) is 0 Å². The number of aryl methyl sites for hydroxylation is 1. The van der Waals surface area contributed by atoms with Crippen molar-refractivity contribution >= 4 is 17.7 Å². The molecule has 0 saturated carbocycles. The van der Waals surface area contributed by atoms with Crippen LogP contribution in [0.2, 0.25) is 0 Å². The summed E-state index contributed by atoms with van der Waals surface area (Å²) in [7, 11) is 1.99. The lowest BCUT2D eigenvalue weighted by molar-refractivity contribution is -0.136. The third kappa shape index (κ3) is 3.01. The van der Waals surface area contributed by atoms with Gasteiger partial charge in [0.25, 0.3) is 5.91 Å². The molecule has 3 aliphatic heterocycles. The lowest BCUT2D eigenvalue weighted by atomic mass is 9.90. The predicted octanol–water partition coefficient (Wildman–Crippen LogP) is -0.231. The van der Waals surface area contributed by atoms with Crippen LogP contribution in [-0.4, -0.2) is 51.3 Å². The summed E-state index contributed by atoms with van der Waals surface area (Å²) in [5, 5.41) is 9.29. The van der Waals surface area contributed by atoms with Gasteiger partial charge in [0.1, 0.15) is 17.4 Å². The van der Waals surface area contributed by atoms with Crippen LogP contribution in [0.25, 0.3) is 0 Å². The van der Waals surface area contributed by atoms with Gasteiger partial charge in [0.2, 0.25) is 11.8 Å². The zero-order valence-corrected chi connectivity index (χ0v) is 16.8. The molecule has 3 N–H and O–H groups in total. The van der Waals surface area contributed by atoms with Crippen LogP contribution in [-0.2, 0) is 35.3 Å². The maximum atomic E-state index is 12.8. The molecule has 1 unspecified atom stereocenters. The molecular weight excluding hydrogens is 384 g/mol. The molecule has 156 valence electrons. The van der Waals surface area contributed by atoms with Crippen molar-refractivity contribution in [2.24, 2.45) is 7.05 Å². The molecular formula is C21H24N6O3. The number of carbonyl (C=O) groups excluding carboxylic acids is 3. The minimum atomic E-state index is -0.586. The van der Waals surface area contributed by atoms with Gasteiger partial charge in [0.15, 0.2) is 0 Å². The number of nitrogens with zero attached hydrogens (tertiary/aromatic N) is 3. The van der Waals surface area contributed by atoms with Crippen LogP contribution in [0, 0.1) is 0 Å². The Bertz CT molecular complexity index is 1040. The maximum Gasteiger partial charge on any atom is 0.255 e. The molecule has 5 rings (SSSR count). The third-order valence-corrected chi connectivity index (χ3v) is 6.32. The number of hydrogen-bond donors (Lipinski definition) is 3. The van der Waals surface area contributed by atoms with Gasteiger partial charge in [-0.3, -0.25) is 25.0 Å². The summed E-state index contributed by atoms with van der Waals surface area (Å²) in [6.45, 7) is 2.66. The second-order valence-corrected chi connectivity index (χ2v) is 8.29. The number of nitrogens with one attached hydrogen (secondary N) is 3. The van der Waals surface area contributed by atoms with Crippen LogP contribution in [0.3, 0.4) is 0 Å². The second kappa shape index (κ2) is 7.03. The first-order chi connectivity index (χ1) is 14.5. The number of amides is 3. The highest BCUT2D eigenvalue weighted by atomic mass is 16.2. The van der Waals surface area contributed by atoms with Gasteiger partial charge >= 0.3 is 0 Å². The topological polar surface area (TPSA) is 108 Å². The van der Waals surface area contributed by atoms with E-state index in [1.807, 2.05) is 42.2 Å². The summed E-state index contributed by atoms with van der Waals surface area (Å²) in [6, 6.07) is 5.24. The third-order valence-electron chi connectivity index (χ3n) is 6.32. The zero-order chi connectivity index (χ0) is 20.9. The maximum absolute atomic E-state index is 12.8. The number of piperidine rings is 1. The average molecular weight is 408 g/mol. The molecule has 9 nitrogen and oxygen atoms in total. The van der Waals surface area contributed by atoms with Crippen molar-refractivity contribution in [3.8, 4) is 0 Å². The van der Waals surface area contributed by atoms with Crippen LogP contribution >= 0.6 is 0 Å². The van der Waals surface area contributed by atoms with E-state index in [0.29, 0.717) is 25.1 Å². The Balaban J connectivity index is 1.31. The summed E-state index contributed by atoms with van der Waals surface area (Å²) in [5.41, 5.74) is 2.42. The minimum Gasteiger partial charge on any atom is -0.336 e. The normalized spacial score (nSPS) is 22.6. The molecule has 4 heterocycles. The first kappa shape index (κ1) is 19.0. The summed E-state index contributed by atoms with van der Waals surface area (Å²) in [6.07, 6.45) is 4.39. The number of hydrogen-bond acceptors (Lipinski definition) is 6. The molecule has 1 atom stereocenters. The Morgan fingerprint density at radius 1 is 1.27 bits per heavy atom. The Kier molecular flexibility index (Phi) is 4.44. The van der Waals surface area contributed by atoms with E-state index in [1.165, 1.54) is 0 Å². The van der Waals surface area contributed by atoms with Crippen LogP contribution in [0.4, 0.5) is 0 Å². The Morgan fingerprint density at radius 3 is 2.77 bits per heavy atom. The van der Waals surface area contributed by atoms with Gasteiger partial charge in [0, 0.05) is 57.6 Å². The molecule has 1 aromatic heterocycles. The Morgan fingerprint density at radius 2 is 2.10 bits per heavy atom. The number of imidazole rings is 1. The minimum absolute atomic E-state index is 0.147. The Hall–Kier alpha value is -3.04. The molecule has 2 aromatic rings. The fourth-order valence-electron chi connectivity index (χ4n) is 4.57. The highest BCUT2D eigenvalue weighted by molar-refractivity contribution is 6.05. The van der Waals surface area contributed by atoms with Gasteiger partial charge in [0.05, 0.1) is 0 Å². The summed E-state index contributed by atoms with van der Waals surface area (Å²) < 4.78 is 2.03. The van der Waals surface area contributed by atoms with Crippen LogP contribution in [0.1, 0.15) is 40.2 Å². The van der Waals surface area contributed by atoms with E-state index in [1.54, 1.807) is 4.90 Å². The fourth-order valence-corrected chi connectivity index (χ4v) is 4.57. The molecule has 30 heavy (non-hydrogen) atoms. The van der Waals surface area contributed by atoms with Crippen molar-refractivity contribution in [3.63, 3.8) is 0 Å². The van der Waals surface area contributed by atoms with Gasteiger partial charge in [-0.15, -0.1) is 0 Å². The van der Waals surface area contributed by atoms with Crippen molar-refractivity contribution < 1.29 is 14.4 Å². The van der Waals surface area contributed by atoms with E-state index in [9.17, 15) is 14.4 Å².